The summed E-state index contributed by atoms with van der Waals surface area (Å²) in [5.41, 5.74) is 28.6. The number of hydrogen-bond acceptors (Lipinski definition) is 5. The van der Waals surface area contributed by atoms with E-state index in [2.05, 4.69) is 291 Å². The Hall–Kier alpha value is -10.7. The first-order valence-corrected chi connectivity index (χ1v) is 37.3. The molecular weight excluding hydrogens is 1280 g/mol. The van der Waals surface area contributed by atoms with Crippen LogP contribution >= 0.6 is 0 Å². The molecule has 10 aromatic rings. The number of hydrogen-bond donors (Lipinski definition) is 2. The summed E-state index contributed by atoms with van der Waals surface area (Å²) in [6, 6.07) is 68.5. The highest BCUT2D eigenvalue weighted by Crippen LogP contribution is 2.46. The number of benzene rings is 7. The number of nitrogens with zero attached hydrogens (tertiary/aromatic N) is 5. The number of piperidine rings is 1. The van der Waals surface area contributed by atoms with Gasteiger partial charge in [-0.05, 0) is 214 Å². The third kappa shape index (κ3) is 15.3. The first-order valence-electron chi connectivity index (χ1n) is 37.3. The summed E-state index contributed by atoms with van der Waals surface area (Å²) >= 11 is 0. The van der Waals surface area contributed by atoms with Crippen LogP contribution < -0.4 is 4.90 Å². The minimum Gasteiger partial charge on any atom is -0.371 e. The van der Waals surface area contributed by atoms with Gasteiger partial charge in [-0.2, -0.15) is 10.5 Å². The van der Waals surface area contributed by atoms with Crippen molar-refractivity contribution in [2.75, 3.05) is 18.0 Å². The Bertz CT molecular complexity index is 5220. The van der Waals surface area contributed by atoms with E-state index in [-0.39, 0.29) is 43.9 Å². The number of rotatable bonds is 10. The number of nitriles is 2. The van der Waals surface area contributed by atoms with E-state index in [1.807, 2.05) is 48.5 Å². The molecule has 3 aromatic heterocycles. The van der Waals surface area contributed by atoms with Crippen molar-refractivity contribution in [1.29, 1.82) is 10.5 Å². The van der Waals surface area contributed by atoms with Gasteiger partial charge in [-0.1, -0.05) is 258 Å². The lowest BCUT2D eigenvalue weighted by Gasteiger charge is -2.34. The molecule has 3 aliphatic rings. The van der Waals surface area contributed by atoms with Crippen molar-refractivity contribution in [3.05, 3.63) is 272 Å². The Morgan fingerprint density at radius 2 is 0.762 bits per heavy atom. The number of anilines is 1. The Morgan fingerprint density at radius 3 is 1.10 bits per heavy atom. The topological polar surface area (TPSA) is 108 Å². The molecule has 0 aliphatic carbocycles. The van der Waals surface area contributed by atoms with Crippen LogP contribution in [0.15, 0.2) is 188 Å². The smallest absolute Gasteiger partial charge is 0.138 e. The van der Waals surface area contributed by atoms with Gasteiger partial charge < -0.3 is 14.9 Å². The zero-order chi connectivity index (χ0) is 74.9. The Labute approximate surface area is 622 Å². The second-order valence-corrected chi connectivity index (χ2v) is 35.3. The molecule has 2 N–H and O–H groups in total. The number of aromatic amines is 2. The highest BCUT2D eigenvalue weighted by molar-refractivity contribution is 6.13. The summed E-state index contributed by atoms with van der Waals surface area (Å²) < 4.78 is 14.1. The highest BCUT2D eigenvalue weighted by Gasteiger charge is 2.30. The van der Waals surface area contributed by atoms with Crippen LogP contribution in [0, 0.1) is 28.5 Å². The highest BCUT2D eigenvalue weighted by atomic mass is 19.1. The van der Waals surface area contributed by atoms with Crippen LogP contribution in [0.4, 0.5) is 10.1 Å². The van der Waals surface area contributed by atoms with Crippen LogP contribution in [0.2, 0.25) is 0 Å². The lowest BCUT2D eigenvalue weighted by Crippen LogP contribution is -2.32. The second-order valence-electron chi connectivity index (χ2n) is 35.3. The Kier molecular flexibility index (Phi) is 19.2. The van der Waals surface area contributed by atoms with E-state index in [1.54, 1.807) is 12.1 Å². The largest absolute Gasteiger partial charge is 0.371 e. The van der Waals surface area contributed by atoms with Crippen LogP contribution in [0.3, 0.4) is 0 Å². The molecule has 530 valence electrons. The van der Waals surface area contributed by atoms with Gasteiger partial charge in [0.2, 0.25) is 0 Å². The van der Waals surface area contributed by atoms with Crippen molar-refractivity contribution in [1.82, 2.24) is 19.9 Å². The van der Waals surface area contributed by atoms with Crippen LogP contribution in [-0.4, -0.2) is 33.0 Å². The van der Waals surface area contributed by atoms with Gasteiger partial charge >= 0.3 is 0 Å². The van der Waals surface area contributed by atoms with E-state index in [4.69, 9.17) is 9.97 Å². The Balaban J connectivity index is 0.972. The molecule has 13 rings (SSSR count). The van der Waals surface area contributed by atoms with Crippen LogP contribution in [0.5, 0.6) is 0 Å². The SMILES string of the molecule is CC(C)(C)c1cc(-c2c3nc(c(-c4cc(C(C)(C)C)cc(C(C)(C)C)c4)c4ccc([nH]4)c(-c4cc(C(C)(C)C)cc(C(C)(C)C)c4)c4nc(c(-c5ccc(C6CCN(c7ccc(C(=C(C#N)C#N)/C(=C/c8ccc(F)cc8)c8ccccc8)cc7)CC6)cc5)c5ccc2[nH]5)C=C4)C=C3)cc(C(C)(C)C)c1. The van der Waals surface area contributed by atoms with Crippen molar-refractivity contribution >= 4 is 69.3 Å². The molecule has 6 heterocycles. The van der Waals surface area contributed by atoms with Gasteiger partial charge in [-0.3, -0.25) is 0 Å². The van der Waals surface area contributed by atoms with Crippen LogP contribution in [0.25, 0.3) is 108 Å². The summed E-state index contributed by atoms with van der Waals surface area (Å²) in [6.45, 7) is 43.3. The molecule has 1 saturated heterocycles. The number of fused-ring (bicyclic) bond motifs is 8. The minimum atomic E-state index is -0.336. The van der Waals surface area contributed by atoms with Gasteiger partial charge in [0.25, 0.3) is 0 Å². The molecule has 0 atom stereocenters. The summed E-state index contributed by atoms with van der Waals surface area (Å²) in [7, 11) is 0. The van der Waals surface area contributed by atoms with E-state index in [9.17, 15) is 14.9 Å². The summed E-state index contributed by atoms with van der Waals surface area (Å²) in [5.74, 6) is -0.00552. The predicted molar refractivity (Wildman–Crippen MR) is 442 cm³/mol. The van der Waals surface area contributed by atoms with Crippen LogP contribution in [0.1, 0.15) is 222 Å². The van der Waals surface area contributed by atoms with E-state index >= 15 is 0 Å². The maximum absolute atomic E-state index is 14.1. The van der Waals surface area contributed by atoms with Crippen molar-refractivity contribution < 1.29 is 4.39 Å². The fourth-order valence-corrected chi connectivity index (χ4v) is 14.8. The number of allylic oxidation sites excluding steroid dienone is 3. The summed E-state index contributed by atoms with van der Waals surface area (Å²) in [5, 5.41) is 20.8. The number of halogens is 1. The zero-order valence-electron chi connectivity index (χ0n) is 64.7. The third-order valence-corrected chi connectivity index (χ3v) is 21.3. The standard InChI is InChI=1S/C97H100FN7/c1-92(2,3)70-49-66(50-71(55-70)93(4,5)6)89-81-38-36-79(101-81)88(65-28-26-61(27-29-65)62-44-46-105(47-45-62)77-34-30-64(31-35-77)87(69(58-99)59-100)78(63-22-20-19-21-23-63)48-60-24-32-76(98)33-25-60)80-37-39-82(102-80)90(67-51-72(94(7,8)9)56-73(52-67)95(10,11)12)84-41-43-86(104-84)91(85-42-40-83(89)103-85)68-53-74(96(13,14)15)57-75(54-68)97(16,17)18/h19-43,48-57,62,101,104H,44-47H2,1-18H3/b78-48+,88-79?,88-80?,89-81?,89-83?,90-82?,90-84?,91-85?,91-86?. The van der Waals surface area contributed by atoms with Crippen molar-refractivity contribution in [3.8, 4) is 56.6 Å². The molecule has 8 heteroatoms. The van der Waals surface area contributed by atoms with Crippen molar-refractivity contribution in [2.24, 2.45) is 0 Å². The monoisotopic (exact) mass is 1380 g/mol. The van der Waals surface area contributed by atoms with Gasteiger partial charge in [0.15, 0.2) is 0 Å². The fraction of sp³-hybridized carbons (Fsp3) is 0.299. The molecule has 1 fully saturated rings. The van der Waals surface area contributed by atoms with Crippen molar-refractivity contribution in [3.63, 3.8) is 0 Å². The third-order valence-electron chi connectivity index (χ3n) is 21.3. The van der Waals surface area contributed by atoms with Crippen LogP contribution in [-0.2, 0) is 32.5 Å². The van der Waals surface area contributed by atoms with Gasteiger partial charge in [0.05, 0.1) is 22.8 Å². The number of H-pyrrole nitrogens is 2. The predicted octanol–water partition coefficient (Wildman–Crippen LogP) is 25.7. The fourth-order valence-electron chi connectivity index (χ4n) is 14.8. The summed E-state index contributed by atoms with van der Waals surface area (Å²) in [4.78, 5) is 22.4. The first kappa shape index (κ1) is 72.7. The van der Waals surface area contributed by atoms with E-state index < -0.39 is 0 Å². The Morgan fingerprint density at radius 1 is 0.410 bits per heavy atom. The molecule has 0 amide bonds. The van der Waals surface area contributed by atoms with E-state index in [0.29, 0.717) is 17.1 Å². The lowest BCUT2D eigenvalue weighted by molar-refractivity contribution is 0.505. The van der Waals surface area contributed by atoms with E-state index in [1.165, 1.54) is 51.1 Å². The second kappa shape index (κ2) is 27.7. The van der Waals surface area contributed by atoms with E-state index in [0.717, 1.165) is 138 Å². The van der Waals surface area contributed by atoms with Gasteiger partial charge in [0, 0.05) is 68.7 Å². The van der Waals surface area contributed by atoms with Gasteiger partial charge in [-0.15, -0.1) is 0 Å². The number of aromatic nitrogens is 4. The average Bonchev–Trinajstić information content (AvgIpc) is 1.61. The lowest BCUT2D eigenvalue weighted by atomic mass is 9.78. The maximum Gasteiger partial charge on any atom is 0.138 e. The minimum absolute atomic E-state index is 0.00218. The molecule has 0 unspecified atom stereocenters. The molecule has 0 spiro atoms. The molecule has 8 bridgehead atoms. The molecule has 3 aliphatic heterocycles. The molecular formula is C97H100FN7. The van der Waals surface area contributed by atoms with Crippen molar-refractivity contribution in [2.45, 2.75) is 176 Å². The first-order chi connectivity index (χ1) is 49.6. The molecule has 7 nitrogen and oxygen atoms in total. The normalized spacial score (nSPS) is 14.0. The van der Waals surface area contributed by atoms with Gasteiger partial charge in [0.1, 0.15) is 23.5 Å². The van der Waals surface area contributed by atoms with Gasteiger partial charge in [-0.25, -0.2) is 14.4 Å². The molecule has 105 heavy (non-hydrogen) atoms. The molecule has 0 radical (unpaired) electrons. The number of nitrogens with one attached hydrogen (secondary N) is 2. The molecule has 7 aromatic carbocycles. The maximum atomic E-state index is 14.1. The summed E-state index contributed by atoms with van der Waals surface area (Å²) in [6.07, 6.45) is 12.8. The molecule has 0 saturated carbocycles. The quantitative estimate of drug-likeness (QED) is 0.0806. The average molecular weight is 1380 g/mol. The zero-order valence-corrected chi connectivity index (χ0v) is 64.7.